The Kier molecular flexibility index (Phi) is 7.11. The lowest BCUT2D eigenvalue weighted by Gasteiger charge is -2.12. The summed E-state index contributed by atoms with van der Waals surface area (Å²) in [6.07, 6.45) is 2.02. The molecular weight excluding hydrogens is 224 g/mol. The molecule has 1 aliphatic rings. The van der Waals surface area contributed by atoms with Crippen LogP contribution < -0.4 is 11.1 Å². The van der Waals surface area contributed by atoms with Gasteiger partial charge in [0, 0.05) is 19.7 Å². The van der Waals surface area contributed by atoms with Crippen molar-refractivity contribution in [3.63, 3.8) is 0 Å². The number of nitrogens with one attached hydrogen (secondary N) is 1. The molecule has 6 heteroatoms. The molecule has 0 aliphatic heterocycles. The van der Waals surface area contributed by atoms with Gasteiger partial charge in [0.15, 0.2) is 0 Å². The molecule has 0 saturated heterocycles. The van der Waals surface area contributed by atoms with Gasteiger partial charge in [-0.05, 0) is 18.8 Å². The van der Waals surface area contributed by atoms with Crippen molar-refractivity contribution in [2.24, 2.45) is 11.7 Å². The second-order valence-electron chi connectivity index (χ2n) is 4.36. The maximum absolute atomic E-state index is 10.3. The Morgan fingerprint density at radius 1 is 1.47 bits per heavy atom. The minimum atomic E-state index is -0.495. The molecule has 0 heterocycles. The summed E-state index contributed by atoms with van der Waals surface area (Å²) in [7, 11) is 0. The molecule has 6 nitrogen and oxygen atoms in total. The van der Waals surface area contributed by atoms with Crippen molar-refractivity contribution in [2.45, 2.75) is 18.9 Å². The van der Waals surface area contributed by atoms with Crippen LogP contribution in [0.25, 0.3) is 0 Å². The van der Waals surface area contributed by atoms with Crippen LogP contribution in [0.15, 0.2) is 0 Å². The highest BCUT2D eigenvalue weighted by atomic mass is 16.5. The Labute approximate surface area is 101 Å². The van der Waals surface area contributed by atoms with Crippen molar-refractivity contribution >= 4 is 5.91 Å². The highest BCUT2D eigenvalue weighted by Crippen LogP contribution is 2.28. The van der Waals surface area contributed by atoms with E-state index in [1.165, 1.54) is 12.8 Å². The molecule has 1 atom stereocenters. The molecule has 0 aromatic heterocycles. The van der Waals surface area contributed by atoms with Crippen LogP contribution in [-0.2, 0) is 14.3 Å². The Morgan fingerprint density at radius 2 is 2.24 bits per heavy atom. The molecule has 17 heavy (non-hydrogen) atoms. The summed E-state index contributed by atoms with van der Waals surface area (Å²) in [5.41, 5.74) is 4.90. The van der Waals surface area contributed by atoms with E-state index in [0.717, 1.165) is 12.5 Å². The van der Waals surface area contributed by atoms with Crippen LogP contribution in [0.5, 0.6) is 0 Å². The molecule has 1 aliphatic carbocycles. The summed E-state index contributed by atoms with van der Waals surface area (Å²) in [5.74, 6) is 0.246. The second kappa shape index (κ2) is 8.41. The lowest BCUT2D eigenvalue weighted by Crippen LogP contribution is -2.33. The standard InChI is InChI=1S/C11H22N2O4/c12-11(15)8-16-4-3-13-5-10(14)7-17-6-9-1-2-9/h9-10,13-14H,1-8H2,(H2,12,15). The predicted octanol–water partition coefficient (Wildman–Crippen LogP) is -1.13. The highest BCUT2D eigenvalue weighted by molar-refractivity contribution is 5.74. The largest absolute Gasteiger partial charge is 0.389 e. The maximum Gasteiger partial charge on any atom is 0.243 e. The van der Waals surface area contributed by atoms with E-state index >= 15 is 0 Å². The summed E-state index contributed by atoms with van der Waals surface area (Å²) >= 11 is 0. The highest BCUT2D eigenvalue weighted by Gasteiger charge is 2.21. The van der Waals surface area contributed by atoms with Crippen LogP contribution in [0.3, 0.4) is 0 Å². The first-order valence-corrected chi connectivity index (χ1v) is 6.01. The van der Waals surface area contributed by atoms with Gasteiger partial charge in [0.2, 0.25) is 5.91 Å². The Balaban J connectivity index is 1.78. The van der Waals surface area contributed by atoms with Crippen LogP contribution in [0.1, 0.15) is 12.8 Å². The summed E-state index contributed by atoms with van der Waals surface area (Å²) in [6.45, 7) is 2.51. The fourth-order valence-electron chi connectivity index (χ4n) is 1.30. The summed E-state index contributed by atoms with van der Waals surface area (Å²) in [6, 6.07) is 0. The minimum Gasteiger partial charge on any atom is -0.389 e. The van der Waals surface area contributed by atoms with Crippen LogP contribution in [0.4, 0.5) is 0 Å². The molecule has 1 amide bonds. The summed E-state index contributed by atoms with van der Waals surface area (Å²) in [5, 5.41) is 12.5. The van der Waals surface area contributed by atoms with Crippen molar-refractivity contribution in [3.8, 4) is 0 Å². The molecule has 4 N–H and O–H groups in total. The molecule has 100 valence electrons. The molecule has 0 spiro atoms. The van der Waals surface area contributed by atoms with Crippen molar-refractivity contribution < 1.29 is 19.4 Å². The number of nitrogens with two attached hydrogens (primary N) is 1. The van der Waals surface area contributed by atoms with Crippen LogP contribution >= 0.6 is 0 Å². The first kappa shape index (κ1) is 14.4. The van der Waals surface area contributed by atoms with E-state index in [4.69, 9.17) is 15.2 Å². The first-order valence-electron chi connectivity index (χ1n) is 6.01. The number of hydrogen-bond donors (Lipinski definition) is 3. The monoisotopic (exact) mass is 246 g/mol. The lowest BCUT2D eigenvalue weighted by atomic mass is 10.3. The average molecular weight is 246 g/mol. The number of ether oxygens (including phenoxy) is 2. The molecule has 1 saturated carbocycles. The number of rotatable bonds is 11. The van der Waals surface area contributed by atoms with Gasteiger partial charge in [0.05, 0.1) is 19.3 Å². The van der Waals surface area contributed by atoms with Gasteiger partial charge in [0.25, 0.3) is 0 Å². The van der Waals surface area contributed by atoms with Crippen LogP contribution in [-0.4, -0.2) is 56.6 Å². The summed E-state index contributed by atoms with van der Waals surface area (Å²) < 4.78 is 10.3. The van der Waals surface area contributed by atoms with Gasteiger partial charge in [-0.2, -0.15) is 0 Å². The SMILES string of the molecule is NC(=O)COCCNCC(O)COCC1CC1. The quantitative estimate of drug-likeness (QED) is 0.401. The smallest absolute Gasteiger partial charge is 0.243 e. The number of aliphatic hydroxyl groups excluding tert-OH is 1. The van der Waals surface area contributed by atoms with E-state index in [9.17, 15) is 9.90 Å². The number of amides is 1. The molecule has 1 fully saturated rings. The number of carbonyl (C=O) groups is 1. The fraction of sp³-hybridized carbons (Fsp3) is 0.909. The van der Waals surface area contributed by atoms with Crippen molar-refractivity contribution in [2.75, 3.05) is 39.5 Å². The van der Waals surface area contributed by atoms with Crippen LogP contribution in [0, 0.1) is 5.92 Å². The molecule has 1 rings (SSSR count). The topological polar surface area (TPSA) is 93.8 Å². The minimum absolute atomic E-state index is 0.0608. The van der Waals surface area contributed by atoms with Crippen molar-refractivity contribution in [1.29, 1.82) is 0 Å². The molecule has 0 radical (unpaired) electrons. The maximum atomic E-state index is 10.3. The third-order valence-corrected chi connectivity index (χ3v) is 2.41. The van der Waals surface area contributed by atoms with E-state index in [1.807, 2.05) is 0 Å². The first-order chi connectivity index (χ1) is 8.18. The Morgan fingerprint density at radius 3 is 2.88 bits per heavy atom. The zero-order valence-electron chi connectivity index (χ0n) is 10.1. The Hall–Kier alpha value is -0.690. The molecule has 0 aromatic carbocycles. The van der Waals surface area contributed by atoms with Gasteiger partial charge in [-0.1, -0.05) is 0 Å². The zero-order valence-corrected chi connectivity index (χ0v) is 10.1. The lowest BCUT2D eigenvalue weighted by molar-refractivity contribution is -0.122. The summed E-state index contributed by atoms with van der Waals surface area (Å²) in [4.78, 5) is 10.3. The van der Waals surface area contributed by atoms with Gasteiger partial charge >= 0.3 is 0 Å². The third kappa shape index (κ3) is 9.05. The van der Waals surface area contributed by atoms with Gasteiger partial charge in [-0.3, -0.25) is 4.79 Å². The predicted molar refractivity (Wildman–Crippen MR) is 62.4 cm³/mol. The number of aliphatic hydroxyl groups is 1. The third-order valence-electron chi connectivity index (χ3n) is 2.41. The molecule has 1 unspecified atom stereocenters. The van der Waals surface area contributed by atoms with Gasteiger partial charge in [0.1, 0.15) is 6.61 Å². The zero-order chi connectivity index (χ0) is 12.5. The molecule has 0 bridgehead atoms. The molecular formula is C11H22N2O4. The van der Waals surface area contributed by atoms with E-state index in [2.05, 4.69) is 5.32 Å². The number of primary amides is 1. The number of carbonyl (C=O) groups excluding carboxylic acids is 1. The number of hydrogen-bond acceptors (Lipinski definition) is 5. The van der Waals surface area contributed by atoms with E-state index < -0.39 is 12.0 Å². The fourth-order valence-corrected chi connectivity index (χ4v) is 1.30. The van der Waals surface area contributed by atoms with E-state index in [1.54, 1.807) is 0 Å². The van der Waals surface area contributed by atoms with Gasteiger partial charge < -0.3 is 25.6 Å². The van der Waals surface area contributed by atoms with Gasteiger partial charge in [-0.15, -0.1) is 0 Å². The molecule has 0 aromatic rings. The van der Waals surface area contributed by atoms with Crippen molar-refractivity contribution in [1.82, 2.24) is 5.32 Å². The Bertz CT molecular complexity index is 222. The van der Waals surface area contributed by atoms with E-state index in [-0.39, 0.29) is 6.61 Å². The normalized spacial score (nSPS) is 17.0. The van der Waals surface area contributed by atoms with Crippen LogP contribution in [0.2, 0.25) is 0 Å². The second-order valence-corrected chi connectivity index (χ2v) is 4.36. The average Bonchev–Trinajstić information content (AvgIpc) is 3.06. The van der Waals surface area contributed by atoms with Crippen molar-refractivity contribution in [3.05, 3.63) is 0 Å². The van der Waals surface area contributed by atoms with Gasteiger partial charge in [-0.25, -0.2) is 0 Å². The van der Waals surface area contributed by atoms with E-state index in [0.29, 0.717) is 26.3 Å².